The number of hydrogen-bond donors (Lipinski definition) is 1. The van der Waals surface area contributed by atoms with E-state index in [4.69, 9.17) is 19.3 Å². The maximum atomic E-state index is 10.5. The van der Waals surface area contributed by atoms with Crippen molar-refractivity contribution in [2.24, 2.45) is 5.92 Å². The van der Waals surface area contributed by atoms with Gasteiger partial charge in [-0.2, -0.15) is 0 Å². The standard InChI is InChI=1S/C10H18O5/c1-7-9(2,6-5-8(11)12)15-10(7,13-3)14-4/h7H,5-6H2,1-4H3,(H,11,12)/t7-,9+/m1/s1. The van der Waals surface area contributed by atoms with E-state index in [9.17, 15) is 4.79 Å². The van der Waals surface area contributed by atoms with E-state index in [0.29, 0.717) is 6.42 Å². The number of rotatable bonds is 5. The summed E-state index contributed by atoms with van der Waals surface area (Å²) < 4.78 is 15.9. The molecule has 0 unspecified atom stereocenters. The van der Waals surface area contributed by atoms with E-state index in [2.05, 4.69) is 0 Å². The summed E-state index contributed by atoms with van der Waals surface area (Å²) in [7, 11) is 3.02. The molecule has 0 aliphatic carbocycles. The average molecular weight is 218 g/mol. The van der Waals surface area contributed by atoms with Crippen molar-refractivity contribution in [3.8, 4) is 0 Å². The van der Waals surface area contributed by atoms with Crippen LogP contribution in [0.4, 0.5) is 0 Å². The number of hydrogen-bond acceptors (Lipinski definition) is 4. The van der Waals surface area contributed by atoms with Gasteiger partial charge in [-0.05, 0) is 13.3 Å². The van der Waals surface area contributed by atoms with E-state index in [1.54, 1.807) is 0 Å². The Hall–Kier alpha value is -0.650. The number of methoxy groups -OCH3 is 2. The third-order valence-electron chi connectivity index (χ3n) is 3.23. The predicted octanol–water partition coefficient (Wildman–Crippen LogP) is 1.22. The van der Waals surface area contributed by atoms with Gasteiger partial charge in [0.1, 0.15) is 0 Å². The van der Waals surface area contributed by atoms with E-state index in [1.807, 2.05) is 13.8 Å². The second-order valence-corrected chi connectivity index (χ2v) is 4.04. The van der Waals surface area contributed by atoms with Crippen LogP contribution in [0.2, 0.25) is 0 Å². The molecular formula is C10H18O5. The molecule has 0 aromatic rings. The van der Waals surface area contributed by atoms with Crippen molar-refractivity contribution in [3.05, 3.63) is 0 Å². The smallest absolute Gasteiger partial charge is 0.303 e. The van der Waals surface area contributed by atoms with Crippen LogP contribution in [0.1, 0.15) is 26.7 Å². The van der Waals surface area contributed by atoms with Gasteiger partial charge in [0, 0.05) is 20.6 Å². The Bertz CT molecular complexity index is 248. The Morgan fingerprint density at radius 2 is 2.00 bits per heavy atom. The lowest BCUT2D eigenvalue weighted by atomic mass is 9.78. The fourth-order valence-corrected chi connectivity index (χ4v) is 1.96. The summed E-state index contributed by atoms with van der Waals surface area (Å²) in [6.45, 7) is 3.80. The summed E-state index contributed by atoms with van der Waals surface area (Å²) in [5.74, 6) is -1.83. The van der Waals surface area contributed by atoms with Gasteiger partial charge in [0.2, 0.25) is 0 Å². The monoisotopic (exact) mass is 218 g/mol. The fourth-order valence-electron chi connectivity index (χ4n) is 1.96. The first-order valence-electron chi connectivity index (χ1n) is 4.92. The molecule has 1 heterocycles. The molecule has 0 aromatic carbocycles. The van der Waals surface area contributed by atoms with Gasteiger partial charge < -0.3 is 19.3 Å². The van der Waals surface area contributed by atoms with Crippen LogP contribution in [0.25, 0.3) is 0 Å². The molecular weight excluding hydrogens is 200 g/mol. The van der Waals surface area contributed by atoms with Crippen LogP contribution in [0, 0.1) is 5.92 Å². The third kappa shape index (κ3) is 2.00. The van der Waals surface area contributed by atoms with Gasteiger partial charge in [0.15, 0.2) is 0 Å². The van der Waals surface area contributed by atoms with Crippen LogP contribution in [0.3, 0.4) is 0 Å². The molecule has 5 nitrogen and oxygen atoms in total. The highest BCUT2D eigenvalue weighted by atomic mass is 16.9. The minimum atomic E-state index is -1.01. The second kappa shape index (κ2) is 4.08. The predicted molar refractivity (Wildman–Crippen MR) is 52.3 cm³/mol. The molecule has 1 aliphatic heterocycles. The maximum absolute atomic E-state index is 10.5. The molecule has 1 rings (SSSR count). The molecule has 1 saturated heterocycles. The quantitative estimate of drug-likeness (QED) is 0.703. The minimum Gasteiger partial charge on any atom is -0.481 e. The zero-order chi connectivity index (χ0) is 11.7. The third-order valence-corrected chi connectivity index (χ3v) is 3.23. The van der Waals surface area contributed by atoms with Gasteiger partial charge in [-0.25, -0.2) is 0 Å². The van der Waals surface area contributed by atoms with E-state index in [-0.39, 0.29) is 12.3 Å². The Morgan fingerprint density at radius 3 is 2.33 bits per heavy atom. The summed E-state index contributed by atoms with van der Waals surface area (Å²) in [6, 6.07) is 0. The van der Waals surface area contributed by atoms with Crippen LogP contribution in [-0.4, -0.2) is 36.9 Å². The van der Waals surface area contributed by atoms with Gasteiger partial charge in [0.05, 0.1) is 11.5 Å². The van der Waals surface area contributed by atoms with E-state index < -0.39 is 17.5 Å². The average Bonchev–Trinajstić information content (AvgIpc) is 2.22. The van der Waals surface area contributed by atoms with Crippen molar-refractivity contribution in [1.82, 2.24) is 0 Å². The fraction of sp³-hybridized carbons (Fsp3) is 0.900. The molecule has 88 valence electrons. The Kier molecular flexibility index (Phi) is 3.38. The molecule has 0 bridgehead atoms. The van der Waals surface area contributed by atoms with Gasteiger partial charge in [0.25, 0.3) is 5.97 Å². The highest BCUT2D eigenvalue weighted by Gasteiger charge is 2.62. The SMILES string of the molecule is COC1(OC)O[C@@](C)(CCC(=O)O)[C@H]1C. The van der Waals surface area contributed by atoms with E-state index >= 15 is 0 Å². The minimum absolute atomic E-state index is 0.000602. The van der Waals surface area contributed by atoms with E-state index in [1.165, 1.54) is 14.2 Å². The van der Waals surface area contributed by atoms with Gasteiger partial charge in [-0.1, -0.05) is 6.92 Å². The number of ether oxygens (including phenoxy) is 3. The van der Waals surface area contributed by atoms with Crippen molar-refractivity contribution >= 4 is 5.97 Å². The highest BCUT2D eigenvalue weighted by molar-refractivity contribution is 5.66. The lowest BCUT2D eigenvalue weighted by Crippen LogP contribution is -2.68. The van der Waals surface area contributed by atoms with Crippen LogP contribution >= 0.6 is 0 Å². The second-order valence-electron chi connectivity index (χ2n) is 4.04. The summed E-state index contributed by atoms with van der Waals surface area (Å²) >= 11 is 0. The normalized spacial score (nSPS) is 33.5. The van der Waals surface area contributed by atoms with Gasteiger partial charge in [-0.3, -0.25) is 4.79 Å². The summed E-state index contributed by atoms with van der Waals surface area (Å²) in [5.41, 5.74) is -0.482. The molecule has 1 N–H and O–H groups in total. The number of carboxylic acid groups (broad SMARTS) is 1. The topological polar surface area (TPSA) is 65.0 Å². The Balaban J connectivity index is 2.58. The summed E-state index contributed by atoms with van der Waals surface area (Å²) in [4.78, 5) is 10.5. The lowest BCUT2D eigenvalue weighted by molar-refractivity contribution is -0.506. The highest BCUT2D eigenvalue weighted by Crippen LogP contribution is 2.50. The number of carbonyl (C=O) groups is 1. The molecule has 15 heavy (non-hydrogen) atoms. The molecule has 0 spiro atoms. The van der Waals surface area contributed by atoms with Crippen LogP contribution in [-0.2, 0) is 19.0 Å². The van der Waals surface area contributed by atoms with Crippen LogP contribution in [0.15, 0.2) is 0 Å². The van der Waals surface area contributed by atoms with Crippen molar-refractivity contribution < 1.29 is 24.1 Å². The van der Waals surface area contributed by atoms with E-state index in [0.717, 1.165) is 0 Å². The zero-order valence-electron chi connectivity index (χ0n) is 9.57. The summed E-state index contributed by atoms with van der Waals surface area (Å²) in [6.07, 6.45) is 0.544. The first-order chi connectivity index (χ1) is 6.90. The Morgan fingerprint density at radius 1 is 1.47 bits per heavy atom. The molecule has 0 radical (unpaired) electrons. The molecule has 1 fully saturated rings. The first kappa shape index (κ1) is 12.4. The van der Waals surface area contributed by atoms with Crippen molar-refractivity contribution in [3.63, 3.8) is 0 Å². The molecule has 5 heteroatoms. The van der Waals surface area contributed by atoms with Gasteiger partial charge in [-0.15, -0.1) is 0 Å². The molecule has 0 saturated carbocycles. The van der Waals surface area contributed by atoms with Crippen LogP contribution < -0.4 is 0 Å². The molecule has 0 amide bonds. The molecule has 0 aromatic heterocycles. The first-order valence-corrected chi connectivity index (χ1v) is 4.92. The van der Waals surface area contributed by atoms with Gasteiger partial charge >= 0.3 is 5.97 Å². The van der Waals surface area contributed by atoms with Crippen molar-refractivity contribution in [1.29, 1.82) is 0 Å². The zero-order valence-corrected chi connectivity index (χ0v) is 9.57. The molecule has 2 atom stereocenters. The largest absolute Gasteiger partial charge is 0.481 e. The lowest BCUT2D eigenvalue weighted by Gasteiger charge is -2.57. The van der Waals surface area contributed by atoms with Crippen molar-refractivity contribution in [2.75, 3.05) is 14.2 Å². The Labute approximate surface area is 89.3 Å². The van der Waals surface area contributed by atoms with Crippen molar-refractivity contribution in [2.45, 2.75) is 38.3 Å². The maximum Gasteiger partial charge on any atom is 0.303 e. The van der Waals surface area contributed by atoms with Crippen LogP contribution in [0.5, 0.6) is 0 Å². The summed E-state index contributed by atoms with van der Waals surface area (Å²) in [5, 5.41) is 8.61. The number of carboxylic acids is 1. The number of aliphatic carboxylic acids is 1. The molecule has 1 aliphatic rings.